The van der Waals surface area contributed by atoms with E-state index in [-0.39, 0.29) is 11.3 Å². The van der Waals surface area contributed by atoms with Gasteiger partial charge in [-0.3, -0.25) is 14.5 Å². The predicted molar refractivity (Wildman–Crippen MR) is 123 cm³/mol. The van der Waals surface area contributed by atoms with Gasteiger partial charge in [-0.2, -0.15) is 0 Å². The standard InChI is InChI=1S/C27H25NO3/c1-4-19-11-13-20(14-12-19)25(29)23-24(21-9-5-7-17(2)15-21)28(27(31)26(23)30)22-10-6-8-18(3)16-22/h5-16,24,29H,4H2,1-3H3/b25-23+. The molecule has 0 bridgehead atoms. The molecule has 0 radical (unpaired) electrons. The Morgan fingerprint density at radius 2 is 1.55 bits per heavy atom. The van der Waals surface area contributed by atoms with Crippen molar-refractivity contribution in [3.05, 3.63) is 106 Å². The molecular formula is C27H25NO3. The number of nitrogens with zero attached hydrogens (tertiary/aromatic N) is 1. The number of aryl methyl sites for hydroxylation is 3. The third kappa shape index (κ3) is 3.77. The highest BCUT2D eigenvalue weighted by Crippen LogP contribution is 2.42. The van der Waals surface area contributed by atoms with Crippen LogP contribution in [0, 0.1) is 13.8 Å². The van der Waals surface area contributed by atoms with Gasteiger partial charge in [-0.15, -0.1) is 0 Å². The van der Waals surface area contributed by atoms with Crippen molar-refractivity contribution in [1.82, 2.24) is 0 Å². The summed E-state index contributed by atoms with van der Waals surface area (Å²) in [5.41, 5.74) is 5.18. The summed E-state index contributed by atoms with van der Waals surface area (Å²) in [6, 6.07) is 21.9. The van der Waals surface area contributed by atoms with Crippen LogP contribution < -0.4 is 4.90 Å². The van der Waals surface area contributed by atoms with Gasteiger partial charge in [0.1, 0.15) is 5.76 Å². The molecule has 3 aromatic carbocycles. The molecule has 1 aliphatic heterocycles. The van der Waals surface area contributed by atoms with E-state index in [0.717, 1.165) is 28.7 Å². The van der Waals surface area contributed by atoms with E-state index in [1.54, 1.807) is 12.1 Å². The zero-order chi connectivity index (χ0) is 22.1. The first-order chi connectivity index (χ1) is 14.9. The molecule has 1 unspecified atom stereocenters. The van der Waals surface area contributed by atoms with E-state index in [2.05, 4.69) is 6.92 Å². The van der Waals surface area contributed by atoms with E-state index in [0.29, 0.717) is 11.3 Å². The van der Waals surface area contributed by atoms with Gasteiger partial charge in [-0.25, -0.2) is 0 Å². The molecule has 4 heteroatoms. The van der Waals surface area contributed by atoms with Crippen molar-refractivity contribution in [1.29, 1.82) is 0 Å². The molecule has 3 aromatic rings. The topological polar surface area (TPSA) is 57.6 Å². The Balaban J connectivity index is 1.94. The normalized spacial score (nSPS) is 17.9. The van der Waals surface area contributed by atoms with Crippen molar-refractivity contribution in [2.75, 3.05) is 4.90 Å². The summed E-state index contributed by atoms with van der Waals surface area (Å²) in [6.45, 7) is 5.96. The summed E-state index contributed by atoms with van der Waals surface area (Å²) in [5, 5.41) is 11.2. The molecular weight excluding hydrogens is 386 g/mol. The van der Waals surface area contributed by atoms with Crippen LogP contribution in [0.2, 0.25) is 0 Å². The summed E-state index contributed by atoms with van der Waals surface area (Å²) >= 11 is 0. The minimum absolute atomic E-state index is 0.112. The third-order valence-corrected chi connectivity index (χ3v) is 5.72. The van der Waals surface area contributed by atoms with Crippen molar-refractivity contribution < 1.29 is 14.7 Å². The highest BCUT2D eigenvalue weighted by molar-refractivity contribution is 6.51. The Labute approximate surface area is 182 Å². The van der Waals surface area contributed by atoms with E-state index in [1.807, 2.05) is 74.5 Å². The number of hydrogen-bond donors (Lipinski definition) is 1. The van der Waals surface area contributed by atoms with Gasteiger partial charge in [0, 0.05) is 11.3 Å². The molecule has 0 aromatic heterocycles. The maximum atomic E-state index is 13.2. The first-order valence-electron chi connectivity index (χ1n) is 10.4. The third-order valence-electron chi connectivity index (χ3n) is 5.72. The van der Waals surface area contributed by atoms with Crippen LogP contribution >= 0.6 is 0 Å². The highest BCUT2D eigenvalue weighted by Gasteiger charge is 2.46. The van der Waals surface area contributed by atoms with Crippen LogP contribution in [-0.4, -0.2) is 16.8 Å². The van der Waals surface area contributed by atoms with Crippen molar-refractivity contribution in [3.8, 4) is 0 Å². The second kappa shape index (κ2) is 8.23. The van der Waals surface area contributed by atoms with E-state index >= 15 is 0 Å². The Kier molecular flexibility index (Phi) is 5.47. The lowest BCUT2D eigenvalue weighted by Gasteiger charge is -2.26. The fourth-order valence-corrected chi connectivity index (χ4v) is 4.09. The molecule has 1 fully saturated rings. The van der Waals surface area contributed by atoms with Crippen LogP contribution in [0.5, 0.6) is 0 Å². The molecule has 1 N–H and O–H groups in total. The maximum absolute atomic E-state index is 13.2. The maximum Gasteiger partial charge on any atom is 0.300 e. The molecule has 31 heavy (non-hydrogen) atoms. The summed E-state index contributed by atoms with van der Waals surface area (Å²) in [7, 11) is 0. The number of aliphatic hydroxyl groups excluding tert-OH is 1. The number of Topliss-reactive ketones (excluding diaryl/α,β-unsaturated/α-hetero) is 1. The Morgan fingerprint density at radius 3 is 2.16 bits per heavy atom. The Hall–Kier alpha value is -3.66. The first-order valence-corrected chi connectivity index (χ1v) is 10.4. The predicted octanol–water partition coefficient (Wildman–Crippen LogP) is 5.49. The van der Waals surface area contributed by atoms with Crippen LogP contribution in [0.4, 0.5) is 5.69 Å². The van der Waals surface area contributed by atoms with Gasteiger partial charge in [0.15, 0.2) is 0 Å². The molecule has 0 spiro atoms. The van der Waals surface area contributed by atoms with Gasteiger partial charge >= 0.3 is 0 Å². The number of benzene rings is 3. The zero-order valence-electron chi connectivity index (χ0n) is 17.9. The van der Waals surface area contributed by atoms with Crippen LogP contribution in [0.15, 0.2) is 78.4 Å². The quantitative estimate of drug-likeness (QED) is 0.351. The van der Waals surface area contributed by atoms with Crippen LogP contribution in [0.3, 0.4) is 0 Å². The molecule has 1 atom stereocenters. The molecule has 1 saturated heterocycles. The van der Waals surface area contributed by atoms with E-state index in [4.69, 9.17) is 0 Å². The van der Waals surface area contributed by atoms with E-state index in [9.17, 15) is 14.7 Å². The van der Waals surface area contributed by atoms with Gasteiger partial charge in [0.2, 0.25) is 0 Å². The summed E-state index contributed by atoms with van der Waals surface area (Å²) in [6.07, 6.45) is 0.877. The lowest BCUT2D eigenvalue weighted by atomic mass is 9.94. The number of hydrogen-bond acceptors (Lipinski definition) is 3. The second-order valence-corrected chi connectivity index (χ2v) is 7.97. The average Bonchev–Trinajstić information content (AvgIpc) is 3.04. The smallest absolute Gasteiger partial charge is 0.300 e. The lowest BCUT2D eigenvalue weighted by Crippen LogP contribution is -2.29. The molecule has 1 amide bonds. The van der Waals surface area contributed by atoms with Crippen molar-refractivity contribution in [3.63, 3.8) is 0 Å². The van der Waals surface area contributed by atoms with Crippen LogP contribution in [0.1, 0.15) is 40.8 Å². The molecule has 4 nitrogen and oxygen atoms in total. The number of carbonyl (C=O) groups is 2. The van der Waals surface area contributed by atoms with Gasteiger partial charge in [-0.05, 0) is 49.1 Å². The van der Waals surface area contributed by atoms with Crippen LogP contribution in [0.25, 0.3) is 5.76 Å². The zero-order valence-corrected chi connectivity index (χ0v) is 17.9. The molecule has 156 valence electrons. The molecule has 0 saturated carbocycles. The number of amides is 1. The minimum Gasteiger partial charge on any atom is -0.507 e. The first kappa shape index (κ1) is 20.6. The van der Waals surface area contributed by atoms with E-state index in [1.165, 1.54) is 4.90 Å². The van der Waals surface area contributed by atoms with Gasteiger partial charge in [-0.1, -0.05) is 73.2 Å². The second-order valence-electron chi connectivity index (χ2n) is 7.97. The average molecular weight is 412 g/mol. The SMILES string of the molecule is CCc1ccc(/C(O)=C2\C(=O)C(=O)N(c3cccc(C)c3)C2c2cccc(C)c2)cc1. The Bertz CT molecular complexity index is 1190. The lowest BCUT2D eigenvalue weighted by molar-refractivity contribution is -0.132. The van der Waals surface area contributed by atoms with Gasteiger partial charge in [0.05, 0.1) is 11.6 Å². The fourth-order valence-electron chi connectivity index (χ4n) is 4.09. The van der Waals surface area contributed by atoms with Gasteiger partial charge < -0.3 is 5.11 Å². The summed E-state index contributed by atoms with van der Waals surface area (Å²) < 4.78 is 0. The van der Waals surface area contributed by atoms with Crippen LogP contribution in [-0.2, 0) is 16.0 Å². The largest absolute Gasteiger partial charge is 0.507 e. The molecule has 4 rings (SSSR count). The van der Waals surface area contributed by atoms with Crippen molar-refractivity contribution in [2.45, 2.75) is 33.2 Å². The Morgan fingerprint density at radius 1 is 0.903 bits per heavy atom. The molecule has 1 aliphatic rings. The van der Waals surface area contributed by atoms with Crippen molar-refractivity contribution >= 4 is 23.1 Å². The fraction of sp³-hybridized carbons (Fsp3) is 0.185. The van der Waals surface area contributed by atoms with Gasteiger partial charge in [0.25, 0.3) is 11.7 Å². The number of anilines is 1. The minimum atomic E-state index is -0.701. The number of rotatable bonds is 4. The number of ketones is 1. The monoisotopic (exact) mass is 411 g/mol. The number of aliphatic hydroxyl groups is 1. The van der Waals surface area contributed by atoms with Crippen molar-refractivity contribution in [2.24, 2.45) is 0 Å². The summed E-state index contributed by atoms with van der Waals surface area (Å²) in [5.74, 6) is -1.46. The highest BCUT2D eigenvalue weighted by atomic mass is 16.3. The molecule has 1 heterocycles. The summed E-state index contributed by atoms with van der Waals surface area (Å²) in [4.78, 5) is 27.8. The molecule has 0 aliphatic carbocycles. The number of carbonyl (C=O) groups excluding carboxylic acids is 2. The van der Waals surface area contributed by atoms with E-state index < -0.39 is 17.7 Å².